The van der Waals surface area contributed by atoms with Crippen LogP contribution in [0.25, 0.3) is 11.0 Å². The van der Waals surface area contributed by atoms with Crippen molar-refractivity contribution >= 4 is 11.0 Å². The maximum Gasteiger partial charge on any atom is 0.140 e. The van der Waals surface area contributed by atoms with Crippen molar-refractivity contribution in [2.45, 2.75) is 32.8 Å². The molecular weight excluding hydrogens is 207 g/mol. The number of halogens is 1. The minimum Gasteiger partial charge on any atom is -0.458 e. The number of fused-ring (bicyclic) bond motifs is 1. The van der Waals surface area contributed by atoms with Crippen molar-refractivity contribution < 1.29 is 13.9 Å². The van der Waals surface area contributed by atoms with Gasteiger partial charge in [0.05, 0.1) is 5.39 Å². The van der Waals surface area contributed by atoms with Crippen LogP contribution in [0.3, 0.4) is 0 Å². The van der Waals surface area contributed by atoms with E-state index < -0.39 is 6.10 Å². The molecular formula is C13H15FO2. The summed E-state index contributed by atoms with van der Waals surface area (Å²) in [5, 5.41) is 10.2. The minimum atomic E-state index is -0.642. The molecule has 1 unspecified atom stereocenters. The van der Waals surface area contributed by atoms with Gasteiger partial charge in [-0.3, -0.25) is 0 Å². The number of hydrogen-bond donors (Lipinski definition) is 1. The zero-order valence-electron chi connectivity index (χ0n) is 9.46. The molecule has 0 aliphatic heterocycles. The molecule has 0 radical (unpaired) electrons. The fourth-order valence-corrected chi connectivity index (χ4v) is 1.82. The molecule has 1 N–H and O–H groups in total. The first-order valence-electron chi connectivity index (χ1n) is 5.50. The molecule has 0 aliphatic carbocycles. The Labute approximate surface area is 93.7 Å². The standard InChI is InChI=1S/C13H15FO2/c1-3-4-11(15)12-7-9-10(14)6-5-8(2)13(9)16-12/h5-7,11,15H,3-4H2,1-2H3. The van der Waals surface area contributed by atoms with Crippen molar-refractivity contribution in [2.24, 2.45) is 0 Å². The molecule has 0 amide bonds. The van der Waals surface area contributed by atoms with Gasteiger partial charge in [0.15, 0.2) is 0 Å². The predicted octanol–water partition coefficient (Wildman–Crippen LogP) is 3.71. The maximum atomic E-state index is 13.5. The summed E-state index contributed by atoms with van der Waals surface area (Å²) in [5.74, 6) is 0.143. The highest BCUT2D eigenvalue weighted by Crippen LogP contribution is 2.29. The van der Waals surface area contributed by atoms with E-state index in [1.807, 2.05) is 13.8 Å². The second-order valence-electron chi connectivity index (χ2n) is 4.06. The first kappa shape index (κ1) is 11.1. The summed E-state index contributed by atoms with van der Waals surface area (Å²) in [4.78, 5) is 0. The van der Waals surface area contributed by atoms with Crippen molar-refractivity contribution in [3.05, 3.63) is 35.3 Å². The van der Waals surface area contributed by atoms with Crippen LogP contribution in [-0.2, 0) is 0 Å². The Morgan fingerprint density at radius 2 is 2.19 bits per heavy atom. The van der Waals surface area contributed by atoms with Crippen LogP contribution in [0.4, 0.5) is 4.39 Å². The highest BCUT2D eigenvalue weighted by atomic mass is 19.1. The Bertz CT molecular complexity index is 463. The number of hydrogen-bond acceptors (Lipinski definition) is 2. The highest BCUT2D eigenvalue weighted by molar-refractivity contribution is 5.81. The highest BCUT2D eigenvalue weighted by Gasteiger charge is 2.15. The third-order valence-electron chi connectivity index (χ3n) is 2.74. The topological polar surface area (TPSA) is 33.4 Å². The SMILES string of the molecule is CCCC(O)c1cc2c(F)ccc(C)c2o1. The second-order valence-corrected chi connectivity index (χ2v) is 4.06. The molecule has 86 valence electrons. The van der Waals surface area contributed by atoms with E-state index in [1.54, 1.807) is 12.1 Å². The molecule has 0 fully saturated rings. The monoisotopic (exact) mass is 222 g/mol. The van der Waals surface area contributed by atoms with Crippen LogP contribution in [0.15, 0.2) is 22.6 Å². The van der Waals surface area contributed by atoms with E-state index in [0.717, 1.165) is 12.0 Å². The normalized spacial score (nSPS) is 13.2. The average molecular weight is 222 g/mol. The Hall–Kier alpha value is -1.35. The molecule has 0 spiro atoms. The first-order valence-corrected chi connectivity index (χ1v) is 5.50. The van der Waals surface area contributed by atoms with Crippen molar-refractivity contribution in [1.82, 2.24) is 0 Å². The number of aliphatic hydroxyl groups is 1. The largest absolute Gasteiger partial charge is 0.458 e. The predicted molar refractivity (Wildman–Crippen MR) is 60.8 cm³/mol. The van der Waals surface area contributed by atoms with E-state index in [2.05, 4.69) is 0 Å². The van der Waals surface area contributed by atoms with E-state index in [1.165, 1.54) is 6.07 Å². The third kappa shape index (κ3) is 1.83. The van der Waals surface area contributed by atoms with Crippen LogP contribution in [0, 0.1) is 12.7 Å². The average Bonchev–Trinajstić information content (AvgIpc) is 2.70. The zero-order chi connectivity index (χ0) is 11.7. The Balaban J connectivity index is 2.51. The molecule has 0 bridgehead atoms. The molecule has 1 aromatic carbocycles. The summed E-state index contributed by atoms with van der Waals surface area (Å²) in [5.41, 5.74) is 1.41. The zero-order valence-corrected chi connectivity index (χ0v) is 9.46. The molecule has 1 heterocycles. The molecule has 1 aromatic heterocycles. The summed E-state index contributed by atoms with van der Waals surface area (Å²) in [7, 11) is 0. The van der Waals surface area contributed by atoms with Crippen LogP contribution in [-0.4, -0.2) is 5.11 Å². The Morgan fingerprint density at radius 3 is 2.81 bits per heavy atom. The van der Waals surface area contributed by atoms with Gasteiger partial charge in [0.25, 0.3) is 0 Å². The van der Waals surface area contributed by atoms with Gasteiger partial charge in [0, 0.05) is 0 Å². The van der Waals surface area contributed by atoms with Gasteiger partial charge in [0.1, 0.15) is 23.3 Å². The van der Waals surface area contributed by atoms with Crippen LogP contribution in [0.1, 0.15) is 37.2 Å². The van der Waals surface area contributed by atoms with E-state index in [9.17, 15) is 9.50 Å². The van der Waals surface area contributed by atoms with Crippen LogP contribution in [0.5, 0.6) is 0 Å². The summed E-state index contributed by atoms with van der Waals surface area (Å²) < 4.78 is 19.0. The smallest absolute Gasteiger partial charge is 0.140 e. The lowest BCUT2D eigenvalue weighted by atomic mass is 10.1. The molecule has 2 nitrogen and oxygen atoms in total. The molecule has 3 heteroatoms. The van der Waals surface area contributed by atoms with Crippen molar-refractivity contribution in [1.29, 1.82) is 0 Å². The van der Waals surface area contributed by atoms with E-state index in [-0.39, 0.29) is 5.82 Å². The number of aryl methyl sites for hydroxylation is 1. The summed E-state index contributed by atoms with van der Waals surface area (Å²) in [6.07, 6.45) is 0.844. The van der Waals surface area contributed by atoms with Crippen molar-refractivity contribution in [3.8, 4) is 0 Å². The first-order chi connectivity index (χ1) is 7.63. The maximum absolute atomic E-state index is 13.5. The van der Waals surface area contributed by atoms with Crippen molar-refractivity contribution in [3.63, 3.8) is 0 Å². The molecule has 0 saturated heterocycles. The Kier molecular flexibility index (Phi) is 2.97. The van der Waals surface area contributed by atoms with E-state index in [4.69, 9.17) is 4.42 Å². The molecule has 2 rings (SSSR count). The van der Waals surface area contributed by atoms with E-state index >= 15 is 0 Å². The summed E-state index contributed by atoms with van der Waals surface area (Å²) >= 11 is 0. The fraction of sp³-hybridized carbons (Fsp3) is 0.385. The second kappa shape index (κ2) is 4.26. The molecule has 1 atom stereocenters. The summed E-state index contributed by atoms with van der Waals surface area (Å²) in [6.45, 7) is 3.85. The van der Waals surface area contributed by atoms with Crippen molar-refractivity contribution in [2.75, 3.05) is 0 Å². The van der Waals surface area contributed by atoms with Crippen LogP contribution < -0.4 is 0 Å². The van der Waals surface area contributed by atoms with Gasteiger partial charge in [-0.2, -0.15) is 0 Å². The van der Waals surface area contributed by atoms with Gasteiger partial charge < -0.3 is 9.52 Å². The number of benzene rings is 1. The molecule has 2 aromatic rings. The lowest BCUT2D eigenvalue weighted by molar-refractivity contribution is 0.141. The van der Waals surface area contributed by atoms with Gasteiger partial charge in [-0.1, -0.05) is 19.4 Å². The number of aliphatic hydroxyl groups excluding tert-OH is 1. The molecule has 0 aliphatic rings. The Morgan fingerprint density at radius 1 is 1.44 bits per heavy atom. The minimum absolute atomic E-state index is 0.306. The van der Waals surface area contributed by atoms with Gasteiger partial charge >= 0.3 is 0 Å². The van der Waals surface area contributed by atoms with E-state index in [0.29, 0.717) is 23.2 Å². The third-order valence-corrected chi connectivity index (χ3v) is 2.74. The van der Waals surface area contributed by atoms with Crippen LogP contribution >= 0.6 is 0 Å². The van der Waals surface area contributed by atoms with Crippen LogP contribution in [0.2, 0.25) is 0 Å². The quantitative estimate of drug-likeness (QED) is 0.858. The molecule has 16 heavy (non-hydrogen) atoms. The van der Waals surface area contributed by atoms with Gasteiger partial charge in [-0.15, -0.1) is 0 Å². The number of furan rings is 1. The van der Waals surface area contributed by atoms with Gasteiger partial charge in [-0.25, -0.2) is 4.39 Å². The lowest BCUT2D eigenvalue weighted by Gasteiger charge is -2.03. The number of rotatable bonds is 3. The van der Waals surface area contributed by atoms with Gasteiger partial charge in [0.2, 0.25) is 0 Å². The lowest BCUT2D eigenvalue weighted by Crippen LogP contribution is -1.93. The molecule has 0 saturated carbocycles. The van der Waals surface area contributed by atoms with Gasteiger partial charge in [-0.05, 0) is 31.0 Å². The fourth-order valence-electron chi connectivity index (χ4n) is 1.82. The summed E-state index contributed by atoms with van der Waals surface area (Å²) in [6, 6.07) is 4.69.